The lowest BCUT2D eigenvalue weighted by Gasteiger charge is -2.24. The predicted octanol–water partition coefficient (Wildman–Crippen LogP) is 5.87. The normalized spacial score (nSPS) is 10.9. The molecule has 28 heavy (non-hydrogen) atoms. The van der Waals surface area contributed by atoms with Crippen LogP contribution in [0.25, 0.3) is 0 Å². The molecule has 0 bridgehead atoms. The highest BCUT2D eigenvalue weighted by Gasteiger charge is 2.08. The van der Waals surface area contributed by atoms with Crippen LogP contribution in [0, 0.1) is 0 Å². The number of unbranched alkanes of at least 4 members (excludes halogenated alkanes) is 7. The van der Waals surface area contributed by atoms with Gasteiger partial charge in [-0.15, -0.1) is 0 Å². The molecular formula is C20H40N2S6. The maximum Gasteiger partial charge on any atom is 0.0779 e. The third kappa shape index (κ3) is 15.9. The van der Waals surface area contributed by atoms with Gasteiger partial charge in [0.2, 0.25) is 0 Å². The van der Waals surface area contributed by atoms with Gasteiger partial charge in [-0.25, -0.2) is 0 Å². The summed E-state index contributed by atoms with van der Waals surface area (Å²) in [7, 11) is 0. The van der Waals surface area contributed by atoms with Crippen LogP contribution in [0.2, 0.25) is 0 Å². The van der Waals surface area contributed by atoms with E-state index in [9.17, 15) is 0 Å². The molecule has 0 saturated heterocycles. The van der Waals surface area contributed by atoms with Crippen molar-refractivity contribution in [3.8, 4) is 0 Å². The molecule has 0 spiro atoms. The first-order chi connectivity index (χ1) is 13.6. The number of nitrogens with zero attached hydrogens (tertiary/aromatic N) is 2. The van der Waals surface area contributed by atoms with E-state index in [1.54, 1.807) is 0 Å². The molecule has 8 heteroatoms. The highest BCUT2D eigenvalue weighted by Crippen LogP contribution is 2.13. The SMILES string of the molecule is S=C(CCCCCCCCCCC(=S)N(CCS)CCS)N(CCS)CCS. The Morgan fingerprint density at radius 1 is 0.464 bits per heavy atom. The van der Waals surface area contributed by atoms with Crippen LogP contribution in [0.3, 0.4) is 0 Å². The van der Waals surface area contributed by atoms with Crippen molar-refractivity contribution in [1.29, 1.82) is 0 Å². The Labute approximate surface area is 207 Å². The zero-order valence-electron chi connectivity index (χ0n) is 17.2. The monoisotopic (exact) mass is 500 g/mol. The van der Waals surface area contributed by atoms with Crippen LogP contribution in [0.5, 0.6) is 0 Å². The average molecular weight is 501 g/mol. The van der Waals surface area contributed by atoms with Gasteiger partial charge in [0, 0.05) is 49.2 Å². The van der Waals surface area contributed by atoms with Crippen molar-refractivity contribution in [2.75, 3.05) is 49.2 Å². The zero-order chi connectivity index (χ0) is 21.0. The van der Waals surface area contributed by atoms with Crippen LogP contribution in [-0.2, 0) is 0 Å². The van der Waals surface area contributed by atoms with Crippen LogP contribution in [-0.4, -0.2) is 69.0 Å². The summed E-state index contributed by atoms with van der Waals surface area (Å²) in [4.78, 5) is 6.69. The Hall–Kier alpha value is 1.18. The van der Waals surface area contributed by atoms with Gasteiger partial charge in [-0.2, -0.15) is 50.5 Å². The number of thiol groups is 4. The minimum absolute atomic E-state index is 0.848. The molecule has 0 radical (unpaired) electrons. The molecule has 0 saturated carbocycles. The summed E-state index contributed by atoms with van der Waals surface area (Å²) in [6, 6.07) is 0. The van der Waals surface area contributed by atoms with Gasteiger partial charge in [-0.1, -0.05) is 63.0 Å². The predicted molar refractivity (Wildman–Crippen MR) is 150 cm³/mol. The standard InChI is InChI=1S/C20H40N2S6/c23-15-11-21(12-16-24)19(27)9-7-5-3-1-2-4-6-8-10-20(28)22(13-17-25)14-18-26/h23-26H,1-18H2. The Morgan fingerprint density at radius 2 is 0.714 bits per heavy atom. The van der Waals surface area contributed by atoms with E-state index in [2.05, 4.69) is 60.3 Å². The van der Waals surface area contributed by atoms with Crippen molar-refractivity contribution < 1.29 is 0 Å². The molecule has 0 aliphatic carbocycles. The maximum atomic E-state index is 5.56. The van der Waals surface area contributed by atoms with Gasteiger partial charge in [0.1, 0.15) is 0 Å². The minimum atomic E-state index is 0.848. The molecule has 0 aromatic carbocycles. The van der Waals surface area contributed by atoms with E-state index in [1.807, 2.05) is 0 Å². The van der Waals surface area contributed by atoms with E-state index < -0.39 is 0 Å². The van der Waals surface area contributed by atoms with Gasteiger partial charge in [-0.3, -0.25) is 0 Å². The summed E-state index contributed by atoms with van der Waals surface area (Å²) < 4.78 is 0. The Morgan fingerprint density at radius 3 is 0.964 bits per heavy atom. The molecule has 0 rings (SSSR count). The Bertz CT molecular complexity index is 347. The summed E-state index contributed by atoms with van der Waals surface area (Å²) in [6.45, 7) is 3.75. The quantitative estimate of drug-likeness (QED) is 0.100. The summed E-state index contributed by atoms with van der Waals surface area (Å²) in [5.41, 5.74) is 0. The molecule has 0 amide bonds. The van der Waals surface area contributed by atoms with Crippen LogP contribution in [0.15, 0.2) is 0 Å². The fraction of sp³-hybridized carbons (Fsp3) is 0.900. The van der Waals surface area contributed by atoms with E-state index in [0.29, 0.717) is 0 Å². The first-order valence-corrected chi connectivity index (χ1v) is 13.9. The molecule has 0 heterocycles. The number of thiocarbonyl (C=S) groups is 2. The molecule has 0 unspecified atom stereocenters. The van der Waals surface area contributed by atoms with Gasteiger partial charge in [0.15, 0.2) is 0 Å². The van der Waals surface area contributed by atoms with Gasteiger partial charge in [-0.05, 0) is 25.7 Å². The van der Waals surface area contributed by atoms with Crippen molar-refractivity contribution >= 4 is 84.9 Å². The smallest absolute Gasteiger partial charge is 0.0779 e. The van der Waals surface area contributed by atoms with Gasteiger partial charge in [0.25, 0.3) is 0 Å². The molecule has 0 N–H and O–H groups in total. The second-order valence-electron chi connectivity index (χ2n) is 6.98. The highest BCUT2D eigenvalue weighted by molar-refractivity contribution is 7.81. The Kier molecular flexibility index (Phi) is 22.3. The van der Waals surface area contributed by atoms with Crippen molar-refractivity contribution in [3.63, 3.8) is 0 Å². The van der Waals surface area contributed by atoms with Crippen molar-refractivity contribution in [3.05, 3.63) is 0 Å². The molecule has 166 valence electrons. The van der Waals surface area contributed by atoms with Crippen LogP contribution in [0.4, 0.5) is 0 Å². The fourth-order valence-electron chi connectivity index (χ4n) is 3.13. The Balaban J connectivity index is 3.61. The van der Waals surface area contributed by atoms with Gasteiger partial charge < -0.3 is 9.80 Å². The first-order valence-electron chi connectivity index (χ1n) is 10.6. The van der Waals surface area contributed by atoms with Crippen molar-refractivity contribution in [1.82, 2.24) is 9.80 Å². The molecule has 0 aromatic heterocycles. The first kappa shape index (κ1) is 29.2. The van der Waals surface area contributed by atoms with E-state index in [1.165, 1.54) is 51.4 Å². The lowest BCUT2D eigenvalue weighted by molar-refractivity contribution is 0.466. The van der Waals surface area contributed by atoms with Gasteiger partial charge >= 0.3 is 0 Å². The topological polar surface area (TPSA) is 6.48 Å². The highest BCUT2D eigenvalue weighted by atomic mass is 32.1. The second kappa shape index (κ2) is 21.4. The number of rotatable bonds is 19. The summed E-state index contributed by atoms with van der Waals surface area (Å²) in [5.74, 6) is 3.39. The molecule has 0 aliphatic rings. The van der Waals surface area contributed by atoms with Crippen LogP contribution < -0.4 is 0 Å². The summed E-state index contributed by atoms with van der Waals surface area (Å²) >= 11 is 28.4. The minimum Gasteiger partial charge on any atom is -0.365 e. The largest absolute Gasteiger partial charge is 0.365 e. The van der Waals surface area contributed by atoms with E-state index >= 15 is 0 Å². The average Bonchev–Trinajstić information content (AvgIpc) is 2.68. The summed E-state index contributed by atoms with van der Waals surface area (Å²) in [6.07, 6.45) is 12.3. The molecule has 0 aromatic rings. The second-order valence-corrected chi connectivity index (χ2v) is 9.72. The molecule has 0 atom stereocenters. The third-order valence-electron chi connectivity index (χ3n) is 4.72. The van der Waals surface area contributed by atoms with E-state index in [0.717, 1.165) is 72.0 Å². The van der Waals surface area contributed by atoms with E-state index in [4.69, 9.17) is 24.4 Å². The number of hydrogen-bond acceptors (Lipinski definition) is 6. The molecule has 2 nitrogen and oxygen atoms in total. The van der Waals surface area contributed by atoms with Crippen LogP contribution in [0.1, 0.15) is 64.2 Å². The van der Waals surface area contributed by atoms with E-state index in [-0.39, 0.29) is 0 Å². The third-order valence-corrected chi connectivity index (χ3v) is 6.44. The summed E-state index contributed by atoms with van der Waals surface area (Å²) in [5, 5.41) is 0. The fourth-order valence-corrected chi connectivity index (χ4v) is 4.75. The maximum absolute atomic E-state index is 5.56. The van der Waals surface area contributed by atoms with Crippen molar-refractivity contribution in [2.45, 2.75) is 64.2 Å². The lowest BCUT2D eigenvalue weighted by atomic mass is 10.1. The van der Waals surface area contributed by atoms with Crippen molar-refractivity contribution in [2.24, 2.45) is 0 Å². The molecule has 0 fully saturated rings. The zero-order valence-corrected chi connectivity index (χ0v) is 22.4. The number of hydrogen-bond donors (Lipinski definition) is 4. The van der Waals surface area contributed by atoms with Crippen LogP contribution >= 0.6 is 75.0 Å². The lowest BCUT2D eigenvalue weighted by Crippen LogP contribution is -2.33. The molecular weight excluding hydrogens is 461 g/mol. The van der Waals surface area contributed by atoms with Gasteiger partial charge in [0.05, 0.1) is 9.98 Å². The molecule has 0 aliphatic heterocycles.